The Morgan fingerprint density at radius 2 is 2.11 bits per heavy atom. The van der Waals surface area contributed by atoms with Gasteiger partial charge in [0.25, 0.3) is 0 Å². The Labute approximate surface area is 115 Å². The van der Waals surface area contributed by atoms with Gasteiger partial charge in [-0.25, -0.2) is 4.98 Å². The lowest BCUT2D eigenvalue weighted by atomic mass is 10.1. The van der Waals surface area contributed by atoms with Crippen LogP contribution in [-0.4, -0.2) is 23.6 Å². The average Bonchev–Trinajstić information content (AvgIpc) is 3.09. The standard InChI is InChI=1S/C14H22ClN3/c1-14(2,3)17-8-10-7-13(16-9-12(10)15)18(4)11-5-6-11/h7,9,11,17H,5-6,8H2,1-4H3. The van der Waals surface area contributed by atoms with Crippen molar-refractivity contribution in [3.8, 4) is 0 Å². The zero-order valence-corrected chi connectivity index (χ0v) is 12.4. The third-order valence-corrected chi connectivity index (χ3v) is 3.53. The van der Waals surface area contributed by atoms with Gasteiger partial charge >= 0.3 is 0 Å². The van der Waals surface area contributed by atoms with Gasteiger partial charge in [0.05, 0.1) is 5.02 Å². The number of anilines is 1. The molecule has 1 fully saturated rings. The van der Waals surface area contributed by atoms with Crippen LogP contribution in [0, 0.1) is 0 Å². The fraction of sp³-hybridized carbons (Fsp3) is 0.643. The normalized spacial score (nSPS) is 15.8. The molecule has 0 aromatic carbocycles. The third kappa shape index (κ3) is 3.59. The van der Waals surface area contributed by atoms with E-state index in [-0.39, 0.29) is 5.54 Å². The molecule has 1 aliphatic rings. The highest BCUT2D eigenvalue weighted by Crippen LogP contribution is 2.30. The van der Waals surface area contributed by atoms with Crippen LogP contribution in [0.15, 0.2) is 12.3 Å². The van der Waals surface area contributed by atoms with Crippen molar-refractivity contribution in [1.82, 2.24) is 10.3 Å². The van der Waals surface area contributed by atoms with Crippen LogP contribution >= 0.6 is 11.6 Å². The highest BCUT2D eigenvalue weighted by Gasteiger charge is 2.27. The Balaban J connectivity index is 2.10. The molecule has 0 unspecified atom stereocenters. The van der Waals surface area contributed by atoms with Crippen molar-refractivity contribution in [2.24, 2.45) is 0 Å². The Bertz CT molecular complexity index is 422. The summed E-state index contributed by atoms with van der Waals surface area (Å²) in [5.74, 6) is 1.02. The van der Waals surface area contributed by atoms with Crippen LogP contribution in [0.1, 0.15) is 39.2 Å². The molecular formula is C14H22ClN3. The summed E-state index contributed by atoms with van der Waals surface area (Å²) in [4.78, 5) is 6.66. The van der Waals surface area contributed by atoms with E-state index in [4.69, 9.17) is 11.6 Å². The molecule has 1 aromatic heterocycles. The summed E-state index contributed by atoms with van der Waals surface area (Å²) < 4.78 is 0. The van der Waals surface area contributed by atoms with Crippen molar-refractivity contribution in [1.29, 1.82) is 0 Å². The molecule has 1 N–H and O–H groups in total. The number of nitrogens with one attached hydrogen (secondary N) is 1. The van der Waals surface area contributed by atoms with Crippen LogP contribution < -0.4 is 10.2 Å². The van der Waals surface area contributed by atoms with Gasteiger partial charge in [-0.3, -0.25) is 0 Å². The minimum atomic E-state index is 0.0924. The van der Waals surface area contributed by atoms with Crippen molar-refractivity contribution in [2.75, 3.05) is 11.9 Å². The molecule has 100 valence electrons. The maximum absolute atomic E-state index is 6.20. The fourth-order valence-electron chi connectivity index (χ4n) is 1.81. The Kier molecular flexibility index (Phi) is 3.83. The third-order valence-electron chi connectivity index (χ3n) is 3.19. The lowest BCUT2D eigenvalue weighted by Gasteiger charge is -2.22. The summed E-state index contributed by atoms with van der Waals surface area (Å²) in [5, 5.41) is 4.20. The zero-order valence-electron chi connectivity index (χ0n) is 11.6. The molecule has 1 aromatic rings. The Morgan fingerprint density at radius 3 is 2.67 bits per heavy atom. The molecule has 2 rings (SSSR count). The number of hydrogen-bond acceptors (Lipinski definition) is 3. The van der Waals surface area contributed by atoms with Crippen LogP contribution in [0.2, 0.25) is 5.02 Å². The van der Waals surface area contributed by atoms with Gasteiger partial charge in [-0.2, -0.15) is 0 Å². The number of halogens is 1. The molecule has 0 aliphatic heterocycles. The highest BCUT2D eigenvalue weighted by molar-refractivity contribution is 6.31. The first-order valence-corrected chi connectivity index (χ1v) is 6.87. The topological polar surface area (TPSA) is 28.2 Å². The van der Waals surface area contributed by atoms with E-state index >= 15 is 0 Å². The zero-order chi connectivity index (χ0) is 13.3. The second kappa shape index (κ2) is 5.06. The summed E-state index contributed by atoms with van der Waals surface area (Å²) in [5.41, 5.74) is 1.21. The largest absolute Gasteiger partial charge is 0.357 e. The minimum absolute atomic E-state index is 0.0924. The van der Waals surface area contributed by atoms with Crippen LogP contribution in [0.5, 0.6) is 0 Å². The average molecular weight is 268 g/mol. The SMILES string of the molecule is CN(c1cc(CNC(C)(C)C)c(Cl)cn1)C1CC1. The Hall–Kier alpha value is -0.800. The summed E-state index contributed by atoms with van der Waals surface area (Å²) >= 11 is 6.20. The van der Waals surface area contributed by atoms with Gasteiger partial charge in [0.2, 0.25) is 0 Å². The number of pyridine rings is 1. The predicted molar refractivity (Wildman–Crippen MR) is 77.3 cm³/mol. The molecule has 1 heterocycles. The molecule has 1 saturated carbocycles. The maximum atomic E-state index is 6.20. The van der Waals surface area contributed by atoms with E-state index in [1.54, 1.807) is 6.20 Å². The molecule has 0 spiro atoms. The number of rotatable bonds is 4. The summed E-state index contributed by atoms with van der Waals surface area (Å²) in [6.45, 7) is 7.23. The van der Waals surface area contributed by atoms with Crippen molar-refractivity contribution in [2.45, 2.75) is 51.7 Å². The molecule has 0 radical (unpaired) electrons. The molecule has 0 saturated heterocycles. The van der Waals surface area contributed by atoms with Gasteiger partial charge < -0.3 is 10.2 Å². The second-order valence-electron chi connectivity index (χ2n) is 6.08. The summed E-state index contributed by atoms with van der Waals surface area (Å²) in [7, 11) is 2.11. The number of hydrogen-bond donors (Lipinski definition) is 1. The van der Waals surface area contributed by atoms with Gasteiger partial charge in [0.15, 0.2) is 0 Å². The van der Waals surface area contributed by atoms with Crippen LogP contribution in [-0.2, 0) is 6.54 Å². The second-order valence-corrected chi connectivity index (χ2v) is 6.49. The molecule has 18 heavy (non-hydrogen) atoms. The molecule has 4 heteroatoms. The van der Waals surface area contributed by atoms with E-state index in [9.17, 15) is 0 Å². The van der Waals surface area contributed by atoms with E-state index in [1.165, 1.54) is 12.8 Å². The van der Waals surface area contributed by atoms with Gasteiger partial charge in [-0.05, 0) is 45.2 Å². The van der Waals surface area contributed by atoms with Crippen molar-refractivity contribution >= 4 is 17.4 Å². The number of aromatic nitrogens is 1. The molecular weight excluding hydrogens is 246 g/mol. The van der Waals surface area contributed by atoms with E-state index in [0.717, 1.165) is 22.9 Å². The highest BCUT2D eigenvalue weighted by atomic mass is 35.5. The van der Waals surface area contributed by atoms with Crippen LogP contribution in [0.4, 0.5) is 5.82 Å². The molecule has 0 atom stereocenters. The molecule has 1 aliphatic carbocycles. The van der Waals surface area contributed by atoms with E-state index in [2.05, 4.69) is 49.1 Å². The smallest absolute Gasteiger partial charge is 0.128 e. The van der Waals surface area contributed by atoms with Crippen molar-refractivity contribution in [3.63, 3.8) is 0 Å². The van der Waals surface area contributed by atoms with Gasteiger partial charge in [0, 0.05) is 31.4 Å². The minimum Gasteiger partial charge on any atom is -0.357 e. The van der Waals surface area contributed by atoms with E-state index < -0.39 is 0 Å². The lowest BCUT2D eigenvalue weighted by Crippen LogP contribution is -2.35. The quantitative estimate of drug-likeness (QED) is 0.908. The first-order chi connectivity index (χ1) is 8.37. The van der Waals surface area contributed by atoms with E-state index in [0.29, 0.717) is 6.04 Å². The number of nitrogens with zero attached hydrogens (tertiary/aromatic N) is 2. The molecule has 3 nitrogen and oxygen atoms in total. The molecule has 0 amide bonds. The maximum Gasteiger partial charge on any atom is 0.128 e. The fourth-order valence-corrected chi connectivity index (χ4v) is 1.98. The summed E-state index contributed by atoms with van der Waals surface area (Å²) in [6, 6.07) is 2.77. The molecule has 0 bridgehead atoms. The van der Waals surface area contributed by atoms with Gasteiger partial charge in [0.1, 0.15) is 5.82 Å². The monoisotopic (exact) mass is 267 g/mol. The van der Waals surface area contributed by atoms with Gasteiger partial charge in [-0.15, -0.1) is 0 Å². The van der Waals surface area contributed by atoms with Gasteiger partial charge in [-0.1, -0.05) is 11.6 Å². The first kappa shape index (κ1) is 13.6. The van der Waals surface area contributed by atoms with Crippen LogP contribution in [0.3, 0.4) is 0 Å². The lowest BCUT2D eigenvalue weighted by molar-refractivity contribution is 0.424. The van der Waals surface area contributed by atoms with E-state index in [1.807, 2.05) is 0 Å². The predicted octanol–water partition coefficient (Wildman–Crippen LogP) is 3.22. The van der Waals surface area contributed by atoms with Crippen LogP contribution in [0.25, 0.3) is 0 Å². The summed E-state index contributed by atoms with van der Waals surface area (Å²) in [6.07, 6.45) is 4.31. The van der Waals surface area contributed by atoms with Crippen molar-refractivity contribution < 1.29 is 0 Å². The Morgan fingerprint density at radius 1 is 1.44 bits per heavy atom. The van der Waals surface area contributed by atoms with Crippen molar-refractivity contribution in [3.05, 3.63) is 22.8 Å². The first-order valence-electron chi connectivity index (χ1n) is 6.49.